The lowest BCUT2D eigenvalue weighted by Gasteiger charge is -2.17. The van der Waals surface area contributed by atoms with E-state index in [-0.39, 0.29) is 29.0 Å². The van der Waals surface area contributed by atoms with Crippen LogP contribution in [0.25, 0.3) is 0 Å². The Morgan fingerprint density at radius 1 is 1.16 bits per heavy atom. The molecule has 1 aliphatic heterocycles. The molecule has 31 heavy (non-hydrogen) atoms. The fourth-order valence-electron chi connectivity index (χ4n) is 4.04. The standard InChI is InChI=1S/C23H21ClFN5O/c1-14-2-4-15(5-3-14)28-22-26-12-18(25)21(29-22)27-16-6-7-17-19(10-16)30(20(31)11-24)13-23(17)8-9-23/h2-7,10,12H,8-9,11,13H2,1H3,(H2,26,27,28,29). The summed E-state index contributed by atoms with van der Waals surface area (Å²) >= 11 is 5.81. The molecule has 1 aliphatic carbocycles. The van der Waals surface area contributed by atoms with Gasteiger partial charge in [0.2, 0.25) is 11.9 Å². The molecule has 1 spiro atoms. The zero-order chi connectivity index (χ0) is 21.6. The molecule has 1 amide bonds. The fourth-order valence-corrected chi connectivity index (χ4v) is 4.19. The zero-order valence-corrected chi connectivity index (χ0v) is 17.7. The third-order valence-electron chi connectivity index (χ3n) is 5.90. The minimum absolute atomic E-state index is 0.0545. The predicted octanol–water partition coefficient (Wildman–Crippen LogP) is 5.03. The van der Waals surface area contributed by atoms with Gasteiger partial charge in [-0.05, 0) is 49.6 Å². The van der Waals surface area contributed by atoms with E-state index in [1.165, 1.54) is 0 Å². The summed E-state index contributed by atoms with van der Waals surface area (Å²) in [4.78, 5) is 22.4. The third-order valence-corrected chi connectivity index (χ3v) is 6.13. The number of carbonyl (C=O) groups is 1. The maximum absolute atomic E-state index is 14.4. The second kappa shape index (κ2) is 7.50. The number of hydrogen-bond acceptors (Lipinski definition) is 5. The van der Waals surface area contributed by atoms with Gasteiger partial charge in [-0.1, -0.05) is 23.8 Å². The number of nitrogens with one attached hydrogen (secondary N) is 2. The van der Waals surface area contributed by atoms with Crippen LogP contribution in [-0.2, 0) is 10.2 Å². The van der Waals surface area contributed by atoms with Gasteiger partial charge in [0.05, 0.1) is 6.20 Å². The molecule has 2 heterocycles. The molecule has 1 fully saturated rings. The highest BCUT2D eigenvalue weighted by atomic mass is 35.5. The van der Waals surface area contributed by atoms with Crippen LogP contribution in [0.4, 0.5) is 33.2 Å². The van der Waals surface area contributed by atoms with Crippen LogP contribution < -0.4 is 15.5 Å². The molecular weight excluding hydrogens is 417 g/mol. The number of halogens is 2. The molecule has 1 aromatic heterocycles. The topological polar surface area (TPSA) is 70.2 Å². The van der Waals surface area contributed by atoms with Crippen molar-refractivity contribution in [2.24, 2.45) is 0 Å². The van der Waals surface area contributed by atoms with Gasteiger partial charge in [-0.2, -0.15) is 4.98 Å². The smallest absolute Gasteiger partial charge is 0.241 e. The normalized spacial score (nSPS) is 15.6. The van der Waals surface area contributed by atoms with Gasteiger partial charge in [0, 0.05) is 29.0 Å². The van der Waals surface area contributed by atoms with Crippen molar-refractivity contribution >= 4 is 46.3 Å². The van der Waals surface area contributed by atoms with E-state index in [9.17, 15) is 9.18 Å². The Bertz CT molecular complexity index is 1160. The molecule has 0 radical (unpaired) electrons. The average molecular weight is 438 g/mol. The number of anilines is 5. The molecule has 2 aromatic carbocycles. The largest absolute Gasteiger partial charge is 0.338 e. The van der Waals surface area contributed by atoms with Crippen LogP contribution >= 0.6 is 11.6 Å². The van der Waals surface area contributed by atoms with E-state index in [2.05, 4.69) is 20.6 Å². The van der Waals surface area contributed by atoms with Gasteiger partial charge in [-0.15, -0.1) is 11.6 Å². The first-order valence-corrected chi connectivity index (χ1v) is 10.6. The van der Waals surface area contributed by atoms with E-state index < -0.39 is 5.82 Å². The van der Waals surface area contributed by atoms with Crippen LogP contribution in [0.1, 0.15) is 24.0 Å². The molecule has 2 N–H and O–H groups in total. The quantitative estimate of drug-likeness (QED) is 0.548. The average Bonchev–Trinajstić information content (AvgIpc) is 3.48. The Hall–Kier alpha value is -3.19. The summed E-state index contributed by atoms with van der Waals surface area (Å²) in [6, 6.07) is 13.5. The van der Waals surface area contributed by atoms with E-state index in [0.717, 1.165) is 41.5 Å². The van der Waals surface area contributed by atoms with Crippen LogP contribution in [0.2, 0.25) is 0 Å². The number of amides is 1. The molecule has 0 unspecified atom stereocenters. The molecule has 3 aromatic rings. The van der Waals surface area contributed by atoms with Crippen molar-refractivity contribution in [1.82, 2.24) is 9.97 Å². The molecule has 5 rings (SSSR count). The molecule has 8 heteroatoms. The monoisotopic (exact) mass is 437 g/mol. The Balaban J connectivity index is 1.41. The zero-order valence-electron chi connectivity index (χ0n) is 17.0. The van der Waals surface area contributed by atoms with Gasteiger partial charge >= 0.3 is 0 Å². The number of benzene rings is 2. The molecule has 6 nitrogen and oxygen atoms in total. The highest BCUT2D eigenvalue weighted by Crippen LogP contribution is 2.57. The number of rotatable bonds is 5. The van der Waals surface area contributed by atoms with Gasteiger partial charge in [0.15, 0.2) is 11.6 Å². The number of alkyl halides is 1. The Kier molecular flexibility index (Phi) is 4.78. The van der Waals surface area contributed by atoms with Crippen molar-refractivity contribution in [2.75, 3.05) is 28.0 Å². The molecule has 1 saturated carbocycles. The number of aryl methyl sites for hydroxylation is 1. The van der Waals surface area contributed by atoms with Gasteiger partial charge in [0.25, 0.3) is 0 Å². The van der Waals surface area contributed by atoms with Crippen molar-refractivity contribution in [1.29, 1.82) is 0 Å². The van der Waals surface area contributed by atoms with Crippen LogP contribution in [0, 0.1) is 12.7 Å². The number of carbonyl (C=O) groups excluding carboxylic acids is 1. The number of nitrogens with zero attached hydrogens (tertiary/aromatic N) is 3. The second-order valence-corrected chi connectivity index (χ2v) is 8.40. The molecule has 158 valence electrons. The van der Waals surface area contributed by atoms with Crippen molar-refractivity contribution in [3.63, 3.8) is 0 Å². The van der Waals surface area contributed by atoms with Gasteiger partial charge < -0.3 is 15.5 Å². The molecular formula is C23H21ClFN5O. The fraction of sp³-hybridized carbons (Fsp3) is 0.261. The van der Waals surface area contributed by atoms with E-state index in [4.69, 9.17) is 11.6 Å². The first-order valence-electron chi connectivity index (χ1n) is 10.1. The Morgan fingerprint density at radius 2 is 1.90 bits per heavy atom. The molecule has 0 atom stereocenters. The lowest BCUT2D eigenvalue weighted by molar-refractivity contribution is -0.116. The number of hydrogen-bond donors (Lipinski definition) is 2. The van der Waals surface area contributed by atoms with Crippen molar-refractivity contribution in [3.05, 3.63) is 65.6 Å². The number of aromatic nitrogens is 2. The van der Waals surface area contributed by atoms with Gasteiger partial charge in [-0.3, -0.25) is 4.79 Å². The summed E-state index contributed by atoms with van der Waals surface area (Å²) in [7, 11) is 0. The molecule has 2 aliphatic rings. The summed E-state index contributed by atoms with van der Waals surface area (Å²) in [5, 5.41) is 6.10. The highest BCUT2D eigenvalue weighted by Gasteiger charge is 2.52. The van der Waals surface area contributed by atoms with Crippen molar-refractivity contribution in [3.8, 4) is 0 Å². The van der Waals surface area contributed by atoms with Crippen LogP contribution in [-0.4, -0.2) is 28.3 Å². The Morgan fingerprint density at radius 3 is 2.61 bits per heavy atom. The minimum atomic E-state index is -0.567. The van der Waals surface area contributed by atoms with E-state index >= 15 is 0 Å². The summed E-state index contributed by atoms with van der Waals surface area (Å²) in [6.07, 6.45) is 3.25. The first kappa shape index (κ1) is 19.8. The van der Waals surface area contributed by atoms with Gasteiger partial charge in [-0.25, -0.2) is 9.37 Å². The van der Waals surface area contributed by atoms with Crippen LogP contribution in [0.5, 0.6) is 0 Å². The Labute approximate surface area is 184 Å². The van der Waals surface area contributed by atoms with Crippen LogP contribution in [0.3, 0.4) is 0 Å². The first-order chi connectivity index (χ1) is 15.0. The van der Waals surface area contributed by atoms with Gasteiger partial charge in [0.1, 0.15) is 5.88 Å². The van der Waals surface area contributed by atoms with E-state index in [1.54, 1.807) is 4.90 Å². The SMILES string of the molecule is Cc1ccc(Nc2ncc(F)c(Nc3ccc4c(c3)N(C(=O)CCl)CC43CC3)n2)cc1. The summed E-state index contributed by atoms with van der Waals surface area (Å²) in [5.41, 5.74) is 4.63. The molecule has 0 bridgehead atoms. The molecule has 0 saturated heterocycles. The highest BCUT2D eigenvalue weighted by molar-refractivity contribution is 6.29. The summed E-state index contributed by atoms with van der Waals surface area (Å²) in [6.45, 7) is 2.66. The van der Waals surface area contributed by atoms with Crippen molar-refractivity contribution in [2.45, 2.75) is 25.2 Å². The van der Waals surface area contributed by atoms with E-state index in [0.29, 0.717) is 12.2 Å². The summed E-state index contributed by atoms with van der Waals surface area (Å²) in [5.74, 6) is -0.422. The van der Waals surface area contributed by atoms with Crippen molar-refractivity contribution < 1.29 is 9.18 Å². The maximum Gasteiger partial charge on any atom is 0.241 e. The lowest BCUT2D eigenvalue weighted by atomic mass is 9.98. The second-order valence-electron chi connectivity index (χ2n) is 8.13. The maximum atomic E-state index is 14.4. The number of fused-ring (bicyclic) bond motifs is 2. The predicted molar refractivity (Wildman–Crippen MR) is 120 cm³/mol. The summed E-state index contributed by atoms with van der Waals surface area (Å²) < 4.78 is 14.4. The third kappa shape index (κ3) is 3.70. The van der Waals surface area contributed by atoms with E-state index in [1.807, 2.05) is 49.4 Å². The minimum Gasteiger partial charge on any atom is -0.338 e. The van der Waals surface area contributed by atoms with Crippen LogP contribution in [0.15, 0.2) is 48.7 Å². The lowest BCUT2D eigenvalue weighted by Crippen LogP contribution is -2.32.